The first-order valence-corrected chi connectivity index (χ1v) is 8.75. The topological polar surface area (TPSA) is 66.6 Å². The molecule has 2 N–H and O–H groups in total. The van der Waals surface area contributed by atoms with Crippen LogP contribution in [0.1, 0.15) is 20.3 Å². The summed E-state index contributed by atoms with van der Waals surface area (Å²) in [6.45, 7) is 6.32. The van der Waals surface area contributed by atoms with Crippen LogP contribution in [-0.4, -0.2) is 39.9 Å². The van der Waals surface area contributed by atoms with Gasteiger partial charge in [-0.25, -0.2) is 12.7 Å². The molecule has 5 nitrogen and oxygen atoms in total. The molecule has 1 aliphatic rings. The maximum absolute atomic E-state index is 12.3. The molecule has 21 heavy (non-hydrogen) atoms. The van der Waals surface area contributed by atoms with E-state index in [2.05, 4.69) is 18.7 Å². The normalized spacial score (nSPS) is 23.6. The highest BCUT2D eigenvalue weighted by Gasteiger charge is 2.27. The van der Waals surface area contributed by atoms with Crippen molar-refractivity contribution in [2.75, 3.05) is 37.8 Å². The van der Waals surface area contributed by atoms with Gasteiger partial charge < -0.3 is 10.6 Å². The number of hydrogen-bond acceptors (Lipinski definition) is 4. The summed E-state index contributed by atoms with van der Waals surface area (Å²) in [5.41, 5.74) is 7.36. The fraction of sp³-hybridized carbons (Fsp3) is 0.600. The number of anilines is 2. The van der Waals surface area contributed by atoms with Crippen LogP contribution >= 0.6 is 0 Å². The Morgan fingerprint density at radius 2 is 1.90 bits per heavy atom. The molecule has 2 atom stereocenters. The molecule has 118 valence electrons. The quantitative estimate of drug-likeness (QED) is 0.867. The van der Waals surface area contributed by atoms with E-state index in [-0.39, 0.29) is 4.90 Å². The minimum absolute atomic E-state index is 0.191. The third kappa shape index (κ3) is 3.01. The van der Waals surface area contributed by atoms with Gasteiger partial charge in [0.2, 0.25) is 10.0 Å². The first kappa shape index (κ1) is 16.1. The first-order valence-electron chi connectivity index (χ1n) is 7.31. The van der Waals surface area contributed by atoms with Crippen LogP contribution in [0.5, 0.6) is 0 Å². The number of nitrogen functional groups attached to an aromatic ring is 1. The monoisotopic (exact) mass is 311 g/mol. The molecule has 2 unspecified atom stereocenters. The van der Waals surface area contributed by atoms with Gasteiger partial charge in [-0.3, -0.25) is 0 Å². The van der Waals surface area contributed by atoms with Crippen LogP contribution in [0.25, 0.3) is 0 Å². The molecule has 1 heterocycles. The van der Waals surface area contributed by atoms with E-state index in [1.807, 2.05) is 6.07 Å². The highest BCUT2D eigenvalue weighted by Crippen LogP contribution is 2.34. The van der Waals surface area contributed by atoms with E-state index in [0.717, 1.165) is 25.2 Å². The number of benzene rings is 1. The predicted molar refractivity (Wildman–Crippen MR) is 86.9 cm³/mol. The maximum atomic E-state index is 12.3. The SMILES string of the molecule is CC1CCN(c2cccc(S(=O)(=O)N(C)C)c2N)CC1C. The molecular formula is C15H25N3O2S. The van der Waals surface area contributed by atoms with Crippen LogP contribution < -0.4 is 10.6 Å². The van der Waals surface area contributed by atoms with Crippen molar-refractivity contribution in [2.24, 2.45) is 11.8 Å². The lowest BCUT2D eigenvalue weighted by Crippen LogP contribution is -2.39. The second-order valence-electron chi connectivity index (χ2n) is 6.17. The van der Waals surface area contributed by atoms with Crippen LogP contribution in [0.4, 0.5) is 11.4 Å². The number of nitrogens with zero attached hydrogens (tertiary/aromatic N) is 2. The molecular weight excluding hydrogens is 286 g/mol. The molecule has 0 aromatic heterocycles. The summed E-state index contributed by atoms with van der Waals surface area (Å²) in [5, 5.41) is 0. The van der Waals surface area contributed by atoms with Gasteiger partial charge in [0, 0.05) is 27.2 Å². The van der Waals surface area contributed by atoms with Crippen LogP contribution in [0, 0.1) is 11.8 Å². The van der Waals surface area contributed by atoms with E-state index in [4.69, 9.17) is 5.73 Å². The van der Waals surface area contributed by atoms with Crippen molar-refractivity contribution in [1.82, 2.24) is 4.31 Å². The van der Waals surface area contributed by atoms with E-state index >= 15 is 0 Å². The number of para-hydroxylation sites is 1. The zero-order chi connectivity index (χ0) is 15.8. The zero-order valence-corrected chi connectivity index (χ0v) is 14.0. The minimum atomic E-state index is -3.51. The van der Waals surface area contributed by atoms with Gasteiger partial charge in [0.25, 0.3) is 0 Å². The van der Waals surface area contributed by atoms with E-state index in [9.17, 15) is 8.42 Å². The molecule has 0 saturated carbocycles. The first-order chi connectivity index (χ1) is 9.75. The maximum Gasteiger partial charge on any atom is 0.244 e. The third-order valence-corrected chi connectivity index (χ3v) is 6.35. The molecule has 1 fully saturated rings. The Morgan fingerprint density at radius 3 is 2.48 bits per heavy atom. The molecule has 1 aromatic rings. The molecule has 0 spiro atoms. The van der Waals surface area contributed by atoms with Gasteiger partial charge in [-0.2, -0.15) is 0 Å². The van der Waals surface area contributed by atoms with Crippen molar-refractivity contribution < 1.29 is 8.42 Å². The lowest BCUT2D eigenvalue weighted by Gasteiger charge is -2.37. The lowest BCUT2D eigenvalue weighted by molar-refractivity contribution is 0.324. The highest BCUT2D eigenvalue weighted by atomic mass is 32.2. The molecule has 6 heteroatoms. The van der Waals surface area contributed by atoms with Gasteiger partial charge in [0.15, 0.2) is 0 Å². The van der Waals surface area contributed by atoms with Gasteiger partial charge in [0.05, 0.1) is 11.4 Å². The van der Waals surface area contributed by atoms with Gasteiger partial charge in [-0.05, 0) is 30.4 Å². The average Bonchev–Trinajstić information content (AvgIpc) is 2.42. The molecule has 0 radical (unpaired) electrons. The van der Waals surface area contributed by atoms with E-state index in [1.54, 1.807) is 12.1 Å². The van der Waals surface area contributed by atoms with E-state index < -0.39 is 10.0 Å². The van der Waals surface area contributed by atoms with Gasteiger partial charge >= 0.3 is 0 Å². The van der Waals surface area contributed by atoms with Crippen molar-refractivity contribution in [3.63, 3.8) is 0 Å². The second-order valence-corrected chi connectivity index (χ2v) is 8.29. The Balaban J connectivity index is 2.39. The van der Waals surface area contributed by atoms with Crippen molar-refractivity contribution in [2.45, 2.75) is 25.2 Å². The summed E-state index contributed by atoms with van der Waals surface area (Å²) in [6.07, 6.45) is 1.10. The van der Waals surface area contributed by atoms with Crippen molar-refractivity contribution in [1.29, 1.82) is 0 Å². The van der Waals surface area contributed by atoms with Crippen molar-refractivity contribution in [3.8, 4) is 0 Å². The fourth-order valence-corrected chi connectivity index (χ4v) is 3.74. The largest absolute Gasteiger partial charge is 0.396 e. The van der Waals surface area contributed by atoms with E-state index in [1.165, 1.54) is 18.4 Å². The van der Waals surface area contributed by atoms with Crippen LogP contribution in [0.15, 0.2) is 23.1 Å². The lowest BCUT2D eigenvalue weighted by atomic mass is 9.88. The molecule has 1 aliphatic heterocycles. The molecule has 0 bridgehead atoms. The summed E-state index contributed by atoms with van der Waals surface area (Å²) >= 11 is 0. The van der Waals surface area contributed by atoms with Gasteiger partial charge in [0.1, 0.15) is 4.90 Å². The Morgan fingerprint density at radius 1 is 1.24 bits per heavy atom. The average molecular weight is 311 g/mol. The Kier molecular flexibility index (Phi) is 4.49. The Bertz CT molecular complexity index is 613. The molecule has 1 aromatic carbocycles. The zero-order valence-electron chi connectivity index (χ0n) is 13.2. The highest BCUT2D eigenvalue weighted by molar-refractivity contribution is 7.89. The van der Waals surface area contributed by atoms with Crippen molar-refractivity contribution in [3.05, 3.63) is 18.2 Å². The molecule has 2 rings (SSSR count). The standard InChI is InChI=1S/C15H25N3O2S/c1-11-8-9-18(10-12(11)2)13-6-5-7-14(15(13)16)21(19,20)17(3)4/h5-7,11-12H,8-10,16H2,1-4H3. The van der Waals surface area contributed by atoms with Crippen molar-refractivity contribution >= 4 is 21.4 Å². The van der Waals surface area contributed by atoms with Crippen LogP contribution in [-0.2, 0) is 10.0 Å². The number of sulfonamides is 1. The third-order valence-electron chi connectivity index (χ3n) is 4.48. The fourth-order valence-electron chi connectivity index (χ4n) is 2.71. The van der Waals surface area contributed by atoms with Crippen LogP contribution in [0.3, 0.4) is 0 Å². The minimum Gasteiger partial charge on any atom is -0.396 e. The number of piperidine rings is 1. The molecule has 1 saturated heterocycles. The van der Waals surface area contributed by atoms with Gasteiger partial charge in [-0.1, -0.05) is 19.9 Å². The smallest absolute Gasteiger partial charge is 0.244 e. The molecule has 0 amide bonds. The summed E-state index contributed by atoms with van der Waals surface area (Å²) in [4.78, 5) is 2.39. The predicted octanol–water partition coefficient (Wildman–Crippen LogP) is 2.00. The number of nitrogens with two attached hydrogens (primary N) is 1. The Hall–Kier alpha value is -1.27. The van der Waals surface area contributed by atoms with Gasteiger partial charge in [-0.15, -0.1) is 0 Å². The second kappa shape index (κ2) is 5.85. The summed E-state index contributed by atoms with van der Waals surface area (Å²) in [7, 11) is -0.471. The number of hydrogen-bond donors (Lipinski definition) is 1. The van der Waals surface area contributed by atoms with Crippen LogP contribution in [0.2, 0.25) is 0 Å². The Labute approximate surface area is 127 Å². The summed E-state index contributed by atoms with van der Waals surface area (Å²) in [6, 6.07) is 5.25. The number of rotatable bonds is 3. The summed E-state index contributed by atoms with van der Waals surface area (Å²) in [5.74, 6) is 1.27. The summed E-state index contributed by atoms with van der Waals surface area (Å²) < 4.78 is 25.9. The van der Waals surface area contributed by atoms with E-state index in [0.29, 0.717) is 17.5 Å². The molecule has 0 aliphatic carbocycles.